The van der Waals surface area contributed by atoms with Gasteiger partial charge >= 0.3 is 0 Å². The second-order valence-electron chi connectivity index (χ2n) is 6.33. The summed E-state index contributed by atoms with van der Waals surface area (Å²) in [6.07, 6.45) is 2.07. The lowest BCUT2D eigenvalue weighted by molar-refractivity contribution is -0.0962. The van der Waals surface area contributed by atoms with Crippen LogP contribution in [0, 0.1) is 13.8 Å². The summed E-state index contributed by atoms with van der Waals surface area (Å²) in [5.41, 5.74) is 6.09. The Morgan fingerprint density at radius 3 is 2.87 bits per heavy atom. The Morgan fingerprint density at radius 1 is 1.26 bits per heavy atom. The second-order valence-corrected chi connectivity index (χ2v) is 6.33. The maximum atomic E-state index is 5.72. The normalized spacial score (nSPS) is 18.5. The van der Waals surface area contributed by atoms with E-state index >= 15 is 0 Å². The summed E-state index contributed by atoms with van der Waals surface area (Å²) in [7, 11) is 2.11. The number of rotatable bonds is 5. The van der Waals surface area contributed by atoms with Crippen molar-refractivity contribution in [3.63, 3.8) is 0 Å². The molecule has 1 aromatic carbocycles. The van der Waals surface area contributed by atoms with Crippen LogP contribution >= 0.6 is 0 Å². The van der Waals surface area contributed by atoms with E-state index in [1.165, 1.54) is 22.3 Å². The first-order valence-electron chi connectivity index (χ1n) is 8.11. The van der Waals surface area contributed by atoms with Crippen LogP contribution in [0.1, 0.15) is 16.7 Å². The minimum absolute atomic E-state index is 0.158. The van der Waals surface area contributed by atoms with Crippen molar-refractivity contribution in [1.29, 1.82) is 0 Å². The van der Waals surface area contributed by atoms with Gasteiger partial charge in [0.1, 0.15) is 0 Å². The molecule has 0 aliphatic carbocycles. The number of hydrogen-bond donors (Lipinski definition) is 1. The van der Waals surface area contributed by atoms with Gasteiger partial charge in [-0.3, -0.25) is 10.00 Å². The lowest BCUT2D eigenvalue weighted by Crippen LogP contribution is -2.38. The van der Waals surface area contributed by atoms with Crippen LogP contribution in [0.4, 0.5) is 0 Å². The summed E-state index contributed by atoms with van der Waals surface area (Å²) in [5, 5.41) is 7.39. The Hall–Kier alpha value is -1.69. The Morgan fingerprint density at radius 2 is 2.13 bits per heavy atom. The molecule has 0 unspecified atom stereocenters. The van der Waals surface area contributed by atoms with Gasteiger partial charge in [-0.2, -0.15) is 5.10 Å². The number of aryl methyl sites for hydroxylation is 2. The van der Waals surface area contributed by atoms with Crippen molar-refractivity contribution < 1.29 is 9.47 Å². The number of aromatic amines is 1. The molecule has 1 aliphatic rings. The smallest absolute Gasteiger partial charge is 0.0936 e. The van der Waals surface area contributed by atoms with Crippen LogP contribution in [0.2, 0.25) is 0 Å². The van der Waals surface area contributed by atoms with Crippen molar-refractivity contribution >= 4 is 0 Å². The van der Waals surface area contributed by atoms with Gasteiger partial charge in [0.15, 0.2) is 0 Å². The molecule has 1 aromatic heterocycles. The summed E-state index contributed by atoms with van der Waals surface area (Å²) in [6.45, 7) is 8.04. The van der Waals surface area contributed by atoms with Gasteiger partial charge in [0, 0.05) is 24.2 Å². The molecule has 1 N–H and O–H groups in total. The molecule has 5 nitrogen and oxygen atoms in total. The fraction of sp³-hybridized carbons (Fsp3) is 0.500. The molecule has 23 heavy (non-hydrogen) atoms. The molecule has 2 aromatic rings. The molecule has 1 atom stereocenters. The van der Waals surface area contributed by atoms with Crippen molar-refractivity contribution in [3.8, 4) is 11.3 Å². The van der Waals surface area contributed by atoms with Crippen molar-refractivity contribution in [2.75, 3.05) is 33.4 Å². The van der Waals surface area contributed by atoms with E-state index in [0.717, 1.165) is 18.8 Å². The third-order valence-electron chi connectivity index (χ3n) is 4.35. The van der Waals surface area contributed by atoms with Crippen molar-refractivity contribution in [2.45, 2.75) is 26.5 Å². The van der Waals surface area contributed by atoms with E-state index in [1.54, 1.807) is 0 Å². The molecule has 0 saturated carbocycles. The second kappa shape index (κ2) is 7.25. The maximum Gasteiger partial charge on any atom is 0.0936 e. The van der Waals surface area contributed by atoms with E-state index in [1.807, 2.05) is 6.20 Å². The molecule has 1 saturated heterocycles. The Bertz CT molecular complexity index is 647. The van der Waals surface area contributed by atoms with Crippen LogP contribution in [-0.2, 0) is 16.0 Å². The number of H-pyrrole nitrogens is 1. The first kappa shape index (κ1) is 16.2. The molecule has 3 rings (SSSR count). The van der Waals surface area contributed by atoms with Crippen molar-refractivity contribution in [3.05, 3.63) is 41.1 Å². The lowest BCUT2D eigenvalue weighted by Gasteiger charge is -2.27. The largest absolute Gasteiger partial charge is 0.376 e. The predicted molar refractivity (Wildman–Crippen MR) is 90.4 cm³/mol. The quantitative estimate of drug-likeness (QED) is 0.921. The number of nitrogens with one attached hydrogen (secondary N) is 1. The molecule has 5 heteroatoms. The van der Waals surface area contributed by atoms with Gasteiger partial charge in [-0.25, -0.2) is 0 Å². The first-order valence-corrected chi connectivity index (χ1v) is 8.11. The van der Waals surface area contributed by atoms with Gasteiger partial charge in [0.05, 0.1) is 37.8 Å². The van der Waals surface area contributed by atoms with Gasteiger partial charge in [-0.15, -0.1) is 0 Å². The monoisotopic (exact) mass is 315 g/mol. The van der Waals surface area contributed by atoms with Gasteiger partial charge in [0.2, 0.25) is 0 Å². The number of nitrogens with zero attached hydrogens (tertiary/aromatic N) is 2. The fourth-order valence-corrected chi connectivity index (χ4v) is 2.92. The molecule has 1 aliphatic heterocycles. The average molecular weight is 315 g/mol. The number of aromatic nitrogens is 2. The fourth-order valence-electron chi connectivity index (χ4n) is 2.92. The average Bonchev–Trinajstić information content (AvgIpc) is 2.99. The number of hydrogen-bond acceptors (Lipinski definition) is 4. The number of benzene rings is 1. The van der Waals surface area contributed by atoms with E-state index in [0.29, 0.717) is 19.8 Å². The highest BCUT2D eigenvalue weighted by Gasteiger charge is 2.18. The first-order chi connectivity index (χ1) is 11.1. The highest BCUT2D eigenvalue weighted by molar-refractivity contribution is 5.64. The van der Waals surface area contributed by atoms with Gasteiger partial charge < -0.3 is 9.47 Å². The third kappa shape index (κ3) is 3.99. The molecule has 0 spiro atoms. The molecule has 2 heterocycles. The van der Waals surface area contributed by atoms with E-state index in [2.05, 4.69) is 54.2 Å². The summed E-state index contributed by atoms with van der Waals surface area (Å²) >= 11 is 0. The van der Waals surface area contributed by atoms with Gasteiger partial charge in [0.25, 0.3) is 0 Å². The van der Waals surface area contributed by atoms with E-state index < -0.39 is 0 Å². The zero-order valence-corrected chi connectivity index (χ0v) is 14.1. The van der Waals surface area contributed by atoms with Crippen LogP contribution in [-0.4, -0.2) is 54.6 Å². The standard InChI is InChI=1S/C18H25N3O2/c1-13-4-5-15(8-14(13)2)18-16(9-19-20-18)10-21(3)11-17-12-22-6-7-23-17/h4-5,8-9,17H,6-7,10-12H2,1-3H3,(H,19,20)/t17-/m1/s1. The molecular weight excluding hydrogens is 290 g/mol. The van der Waals surface area contributed by atoms with Crippen molar-refractivity contribution in [1.82, 2.24) is 15.1 Å². The number of ether oxygens (including phenoxy) is 2. The van der Waals surface area contributed by atoms with Crippen molar-refractivity contribution in [2.24, 2.45) is 0 Å². The van der Waals surface area contributed by atoms with Crippen LogP contribution in [0.25, 0.3) is 11.3 Å². The van der Waals surface area contributed by atoms with E-state index in [-0.39, 0.29) is 6.10 Å². The predicted octanol–water partition coefficient (Wildman–Crippen LogP) is 2.54. The summed E-state index contributed by atoms with van der Waals surface area (Å²) in [5.74, 6) is 0. The zero-order chi connectivity index (χ0) is 16.2. The van der Waals surface area contributed by atoms with Crippen LogP contribution in [0.3, 0.4) is 0 Å². The Labute approximate surface area is 137 Å². The molecule has 0 amide bonds. The Kier molecular flexibility index (Phi) is 5.10. The summed E-state index contributed by atoms with van der Waals surface area (Å²) in [6, 6.07) is 6.52. The third-order valence-corrected chi connectivity index (χ3v) is 4.35. The van der Waals surface area contributed by atoms with Gasteiger partial charge in [-0.05, 0) is 38.1 Å². The zero-order valence-electron chi connectivity index (χ0n) is 14.1. The Balaban J connectivity index is 1.69. The highest BCUT2D eigenvalue weighted by atomic mass is 16.6. The van der Waals surface area contributed by atoms with E-state index in [9.17, 15) is 0 Å². The highest BCUT2D eigenvalue weighted by Crippen LogP contribution is 2.24. The number of likely N-dealkylation sites (N-methyl/N-ethyl adjacent to an activating group) is 1. The minimum Gasteiger partial charge on any atom is -0.376 e. The van der Waals surface area contributed by atoms with Crippen LogP contribution < -0.4 is 0 Å². The molecule has 124 valence electrons. The molecule has 1 fully saturated rings. The topological polar surface area (TPSA) is 50.4 Å². The van der Waals surface area contributed by atoms with Gasteiger partial charge in [-0.1, -0.05) is 12.1 Å². The summed E-state index contributed by atoms with van der Waals surface area (Å²) in [4.78, 5) is 2.26. The molecular formula is C18H25N3O2. The SMILES string of the molecule is Cc1ccc(-c2[nH]ncc2CN(C)C[C@@H]2COCCO2)cc1C. The molecule has 0 radical (unpaired) electrons. The van der Waals surface area contributed by atoms with Crippen LogP contribution in [0.5, 0.6) is 0 Å². The van der Waals surface area contributed by atoms with Crippen LogP contribution in [0.15, 0.2) is 24.4 Å². The maximum absolute atomic E-state index is 5.72. The lowest BCUT2D eigenvalue weighted by atomic mass is 10.0. The van der Waals surface area contributed by atoms with E-state index in [4.69, 9.17) is 9.47 Å². The summed E-state index contributed by atoms with van der Waals surface area (Å²) < 4.78 is 11.2. The molecule has 0 bridgehead atoms. The minimum atomic E-state index is 0.158.